The van der Waals surface area contributed by atoms with E-state index in [-0.39, 0.29) is 5.78 Å². The summed E-state index contributed by atoms with van der Waals surface area (Å²) < 4.78 is 5.51. The summed E-state index contributed by atoms with van der Waals surface area (Å²) in [7, 11) is -0.401. The normalized spacial score (nSPS) is 19.3. The van der Waals surface area contributed by atoms with Gasteiger partial charge in [0.2, 0.25) is 0 Å². The molecule has 0 saturated carbocycles. The van der Waals surface area contributed by atoms with Gasteiger partial charge in [-0.05, 0) is 11.6 Å². The highest BCUT2D eigenvalue weighted by molar-refractivity contribution is 8.29. The van der Waals surface area contributed by atoms with Crippen molar-refractivity contribution in [3.63, 3.8) is 0 Å². The Labute approximate surface area is 113 Å². The zero-order chi connectivity index (χ0) is 13.2. The van der Waals surface area contributed by atoms with Gasteiger partial charge in [0.05, 0.1) is 23.5 Å². The minimum Gasteiger partial charge on any atom is -0.464 e. The Balaban J connectivity index is 2.00. The molecule has 1 aliphatic heterocycles. The van der Waals surface area contributed by atoms with Crippen LogP contribution < -0.4 is 0 Å². The largest absolute Gasteiger partial charge is 0.464 e. The Bertz CT molecular complexity index is 670. The van der Waals surface area contributed by atoms with Gasteiger partial charge in [0.25, 0.3) is 0 Å². The van der Waals surface area contributed by atoms with Crippen molar-refractivity contribution in [2.45, 2.75) is 6.42 Å². The highest BCUT2D eigenvalue weighted by atomic mass is 32.2. The van der Waals surface area contributed by atoms with E-state index in [1.165, 1.54) is 0 Å². The molecule has 3 nitrogen and oxygen atoms in total. The number of benzene rings is 1. The summed E-state index contributed by atoms with van der Waals surface area (Å²) in [5.74, 6) is 1.36. The molecule has 0 aliphatic carbocycles. The summed E-state index contributed by atoms with van der Waals surface area (Å²) >= 11 is 0. The van der Waals surface area contributed by atoms with Crippen molar-refractivity contribution in [3.8, 4) is 11.1 Å². The van der Waals surface area contributed by atoms with Gasteiger partial charge in [-0.25, -0.2) is 0 Å². The van der Waals surface area contributed by atoms with Gasteiger partial charge in [0.15, 0.2) is 0 Å². The Morgan fingerprint density at radius 1 is 1.21 bits per heavy atom. The van der Waals surface area contributed by atoms with Gasteiger partial charge in [0.1, 0.15) is 11.5 Å². The molecule has 1 saturated heterocycles. The van der Waals surface area contributed by atoms with Crippen LogP contribution in [-0.2, 0) is 4.79 Å². The second kappa shape index (κ2) is 4.97. The van der Waals surface area contributed by atoms with Crippen molar-refractivity contribution >= 4 is 26.7 Å². The molecule has 2 heterocycles. The van der Waals surface area contributed by atoms with Crippen LogP contribution in [0.3, 0.4) is 0 Å². The summed E-state index contributed by atoms with van der Waals surface area (Å²) in [6.45, 7) is 0. The van der Waals surface area contributed by atoms with Crippen molar-refractivity contribution < 1.29 is 9.21 Å². The Hall–Kier alpha value is -1.94. The first kappa shape index (κ1) is 12.1. The number of rotatable bonds is 2. The van der Waals surface area contributed by atoms with E-state index in [9.17, 15) is 4.79 Å². The van der Waals surface area contributed by atoms with Gasteiger partial charge >= 0.3 is 0 Å². The second-order valence-electron chi connectivity index (χ2n) is 4.39. The fourth-order valence-corrected chi connectivity index (χ4v) is 3.73. The lowest BCUT2D eigenvalue weighted by Gasteiger charge is -2.01. The molecule has 1 aromatic heterocycles. The van der Waals surface area contributed by atoms with Gasteiger partial charge in [-0.1, -0.05) is 30.3 Å². The molecule has 1 fully saturated rings. The Morgan fingerprint density at radius 2 is 2.00 bits per heavy atom. The second-order valence-corrected chi connectivity index (χ2v) is 6.27. The molecule has 1 aliphatic rings. The monoisotopic (exact) mass is 271 g/mol. The molecule has 0 radical (unpaired) electrons. The quantitative estimate of drug-likeness (QED) is 0.852. The van der Waals surface area contributed by atoms with E-state index in [4.69, 9.17) is 9.83 Å². The van der Waals surface area contributed by atoms with E-state index in [1.54, 1.807) is 6.26 Å². The zero-order valence-electron chi connectivity index (χ0n) is 10.3. The zero-order valence-corrected chi connectivity index (χ0v) is 11.1. The van der Waals surface area contributed by atoms with Crippen LogP contribution in [0, 0.1) is 5.41 Å². The number of carbonyl (C=O) groups excluding carboxylic acids is 1. The fraction of sp³-hybridized carbons (Fsp3) is 0.133. The first-order valence-corrected chi connectivity index (χ1v) is 7.46. The molecule has 2 aromatic rings. The number of nitrogens with one attached hydrogen (secondary N) is 1. The molecule has 1 N–H and O–H groups in total. The van der Waals surface area contributed by atoms with Crippen molar-refractivity contribution in [3.05, 3.63) is 48.4 Å². The number of hydrogen-bond acceptors (Lipinski definition) is 3. The first-order valence-electron chi connectivity index (χ1n) is 6.00. The average molecular weight is 271 g/mol. The van der Waals surface area contributed by atoms with E-state index in [2.05, 4.69) is 0 Å². The molecule has 1 unspecified atom stereocenters. The van der Waals surface area contributed by atoms with Crippen molar-refractivity contribution in [1.29, 1.82) is 5.41 Å². The third-order valence-corrected chi connectivity index (χ3v) is 4.93. The van der Waals surface area contributed by atoms with Crippen LogP contribution in [-0.4, -0.2) is 21.9 Å². The maximum atomic E-state index is 11.4. The molecular weight excluding hydrogens is 258 g/mol. The number of Topliss-reactive ketones (excluding diaryl/α,β-unsaturated/α-hetero) is 1. The lowest BCUT2D eigenvalue weighted by Crippen LogP contribution is -1.91. The number of carbonyl (C=O) groups is 1. The van der Waals surface area contributed by atoms with Gasteiger partial charge in [0, 0.05) is 10.9 Å². The predicted octanol–water partition coefficient (Wildman–Crippen LogP) is 3.32. The molecule has 19 heavy (non-hydrogen) atoms. The van der Waals surface area contributed by atoms with Crippen LogP contribution in [0.4, 0.5) is 0 Å². The van der Waals surface area contributed by atoms with Crippen LogP contribution in [0.15, 0.2) is 47.1 Å². The maximum absolute atomic E-state index is 11.4. The van der Waals surface area contributed by atoms with Gasteiger partial charge in [-0.3, -0.25) is 10.2 Å². The maximum Gasteiger partial charge on any atom is 0.149 e. The Kier molecular flexibility index (Phi) is 3.17. The van der Waals surface area contributed by atoms with Crippen molar-refractivity contribution in [2.24, 2.45) is 0 Å². The number of hydrogen-bond donors (Lipinski definition) is 1. The van der Waals surface area contributed by atoms with Gasteiger partial charge in [-0.15, -0.1) is 10.5 Å². The van der Waals surface area contributed by atoms with Gasteiger partial charge in [-0.2, -0.15) is 0 Å². The topological polar surface area (TPSA) is 54.1 Å². The third kappa shape index (κ3) is 2.44. The summed E-state index contributed by atoms with van der Waals surface area (Å²) in [6, 6.07) is 11.9. The average Bonchev–Trinajstić information content (AvgIpc) is 2.98. The summed E-state index contributed by atoms with van der Waals surface area (Å²) in [5, 5.41) is 10.3. The molecular formula is C15H13NO2S. The van der Waals surface area contributed by atoms with Crippen molar-refractivity contribution in [1.82, 2.24) is 0 Å². The molecule has 0 spiro atoms. The lowest BCUT2D eigenvalue weighted by molar-refractivity contribution is -0.115. The molecule has 96 valence electrons. The molecule has 3 rings (SSSR count). The van der Waals surface area contributed by atoms with Crippen LogP contribution in [0.1, 0.15) is 12.2 Å². The summed E-state index contributed by atoms with van der Waals surface area (Å²) in [4.78, 5) is 11.4. The van der Waals surface area contributed by atoms with E-state index in [0.29, 0.717) is 17.2 Å². The molecule has 1 aromatic carbocycles. The van der Waals surface area contributed by atoms with Gasteiger partial charge < -0.3 is 4.42 Å². The van der Waals surface area contributed by atoms with Crippen LogP contribution in [0.2, 0.25) is 0 Å². The summed E-state index contributed by atoms with van der Waals surface area (Å²) in [6.07, 6.45) is 1.94. The fourth-order valence-electron chi connectivity index (χ4n) is 2.09. The van der Waals surface area contributed by atoms with Crippen molar-refractivity contribution in [2.75, 3.05) is 5.75 Å². The van der Waals surface area contributed by atoms with E-state index in [0.717, 1.165) is 16.9 Å². The third-order valence-electron chi connectivity index (χ3n) is 3.02. The highest BCUT2D eigenvalue weighted by Gasteiger charge is 2.21. The van der Waals surface area contributed by atoms with Crippen LogP contribution in [0.25, 0.3) is 11.1 Å². The molecule has 4 heteroatoms. The summed E-state index contributed by atoms with van der Waals surface area (Å²) in [5.41, 5.74) is 2.10. The number of furan rings is 1. The lowest BCUT2D eigenvalue weighted by atomic mass is 10.1. The smallest absolute Gasteiger partial charge is 0.149 e. The van der Waals surface area contributed by atoms with Crippen LogP contribution in [0.5, 0.6) is 0 Å². The van der Waals surface area contributed by atoms with Crippen LogP contribution >= 0.6 is 10.5 Å². The molecule has 0 bridgehead atoms. The Morgan fingerprint density at radius 3 is 2.68 bits per heavy atom. The predicted molar refractivity (Wildman–Crippen MR) is 79.1 cm³/mol. The minimum absolute atomic E-state index is 0.150. The SMILES string of the molecule is N=C1CC(=O)C/S1=C\c1occc1-c1ccccc1. The standard InChI is InChI=1S/C15H13NO2S/c16-15-8-12(17)9-19(15)10-14-13(6-7-18-14)11-4-2-1-3-5-11/h1-7,10,16H,8-9H2. The van der Waals surface area contributed by atoms with E-state index < -0.39 is 10.5 Å². The highest BCUT2D eigenvalue weighted by Crippen LogP contribution is 2.29. The van der Waals surface area contributed by atoms with E-state index >= 15 is 0 Å². The molecule has 0 amide bonds. The minimum atomic E-state index is -0.401. The first-order chi connectivity index (χ1) is 9.24. The number of ketones is 1. The molecule has 1 atom stereocenters. The van der Waals surface area contributed by atoms with E-state index in [1.807, 2.05) is 41.8 Å².